The molecular formula is C25H19FN6O. The third kappa shape index (κ3) is 3.10. The first kappa shape index (κ1) is 19.4. The van der Waals surface area contributed by atoms with Crippen LogP contribution in [0.5, 0.6) is 0 Å². The van der Waals surface area contributed by atoms with Gasteiger partial charge in [-0.25, -0.2) is 8.91 Å². The molecule has 0 saturated carbocycles. The molecule has 0 aliphatic carbocycles. The average Bonchev–Trinajstić information content (AvgIpc) is 3.39. The van der Waals surface area contributed by atoms with E-state index in [4.69, 9.17) is 0 Å². The van der Waals surface area contributed by atoms with Crippen molar-refractivity contribution in [1.29, 1.82) is 0 Å². The number of aryl methyl sites for hydroxylation is 3. The van der Waals surface area contributed by atoms with Crippen LogP contribution in [-0.2, 0) is 13.0 Å². The number of halogens is 1. The predicted octanol–water partition coefficient (Wildman–Crippen LogP) is 4.28. The molecule has 1 N–H and O–H groups in total. The van der Waals surface area contributed by atoms with Crippen molar-refractivity contribution in [2.45, 2.75) is 19.9 Å². The number of aromatic amines is 1. The maximum atomic E-state index is 13.4. The molecule has 6 rings (SSSR count). The van der Waals surface area contributed by atoms with Gasteiger partial charge in [-0.3, -0.25) is 4.79 Å². The summed E-state index contributed by atoms with van der Waals surface area (Å²) in [6, 6.07) is 16.1. The zero-order chi connectivity index (χ0) is 22.5. The molecule has 6 aromatic rings. The van der Waals surface area contributed by atoms with Gasteiger partial charge in [-0.05, 0) is 48.7 Å². The van der Waals surface area contributed by atoms with E-state index in [0.717, 1.165) is 33.3 Å². The highest BCUT2D eigenvalue weighted by atomic mass is 19.1. The number of pyridine rings is 1. The van der Waals surface area contributed by atoms with Gasteiger partial charge < -0.3 is 9.55 Å². The van der Waals surface area contributed by atoms with E-state index in [-0.39, 0.29) is 16.9 Å². The third-order valence-corrected chi connectivity index (χ3v) is 6.06. The summed E-state index contributed by atoms with van der Waals surface area (Å²) in [6.07, 6.45) is 4.47. The summed E-state index contributed by atoms with van der Waals surface area (Å²) in [5, 5.41) is 14.3. The van der Waals surface area contributed by atoms with Gasteiger partial charge in [0.05, 0.1) is 11.3 Å². The number of hydrogen-bond donors (Lipinski definition) is 1. The lowest BCUT2D eigenvalue weighted by Crippen LogP contribution is -2.22. The van der Waals surface area contributed by atoms with E-state index in [0.29, 0.717) is 24.1 Å². The number of benzene rings is 2. The number of fused-ring (bicyclic) bond motifs is 4. The Balaban J connectivity index is 1.40. The van der Waals surface area contributed by atoms with E-state index in [1.54, 1.807) is 27.4 Å². The minimum absolute atomic E-state index is 0.210. The van der Waals surface area contributed by atoms with E-state index in [1.165, 1.54) is 12.1 Å². The van der Waals surface area contributed by atoms with Gasteiger partial charge >= 0.3 is 0 Å². The lowest BCUT2D eigenvalue weighted by Gasteiger charge is -2.07. The van der Waals surface area contributed by atoms with E-state index in [9.17, 15) is 9.18 Å². The number of para-hydroxylation sites is 1. The molecule has 0 aliphatic rings. The summed E-state index contributed by atoms with van der Waals surface area (Å²) in [6.45, 7) is 2.39. The van der Waals surface area contributed by atoms with Gasteiger partial charge in [0.15, 0.2) is 11.2 Å². The zero-order valence-corrected chi connectivity index (χ0v) is 17.8. The first-order chi connectivity index (χ1) is 16.1. The van der Waals surface area contributed by atoms with E-state index in [2.05, 4.69) is 26.3 Å². The number of aromatic nitrogens is 6. The minimum Gasteiger partial charge on any atom is -0.361 e. The van der Waals surface area contributed by atoms with Crippen LogP contribution in [0, 0.1) is 12.7 Å². The smallest absolute Gasteiger partial charge is 0.280 e. The highest BCUT2D eigenvalue weighted by molar-refractivity contribution is 5.85. The number of nitrogens with one attached hydrogen (secondary N) is 1. The summed E-state index contributed by atoms with van der Waals surface area (Å²) in [7, 11) is 0. The molecular weight excluding hydrogens is 419 g/mol. The van der Waals surface area contributed by atoms with Crippen LogP contribution in [0.25, 0.3) is 38.7 Å². The fourth-order valence-electron chi connectivity index (χ4n) is 4.40. The minimum atomic E-state index is -0.308. The van der Waals surface area contributed by atoms with Gasteiger partial charge in [-0.2, -0.15) is 5.10 Å². The molecule has 33 heavy (non-hydrogen) atoms. The van der Waals surface area contributed by atoms with Crippen molar-refractivity contribution in [3.8, 4) is 11.1 Å². The van der Waals surface area contributed by atoms with Crippen LogP contribution >= 0.6 is 0 Å². The second-order valence-electron chi connectivity index (χ2n) is 8.06. The van der Waals surface area contributed by atoms with Crippen molar-refractivity contribution < 1.29 is 4.39 Å². The molecule has 0 saturated heterocycles. The fourth-order valence-corrected chi connectivity index (χ4v) is 4.40. The van der Waals surface area contributed by atoms with Gasteiger partial charge in [0.1, 0.15) is 11.3 Å². The number of H-pyrrole nitrogens is 1. The van der Waals surface area contributed by atoms with Crippen LogP contribution in [0.4, 0.5) is 4.39 Å². The lowest BCUT2D eigenvalue weighted by molar-refractivity contribution is 0.628. The highest BCUT2D eigenvalue weighted by Gasteiger charge is 2.17. The van der Waals surface area contributed by atoms with Crippen LogP contribution in [0.2, 0.25) is 0 Å². The van der Waals surface area contributed by atoms with Gasteiger partial charge in [0.2, 0.25) is 0 Å². The Bertz CT molecular complexity index is 1710. The summed E-state index contributed by atoms with van der Waals surface area (Å²) in [5.74, 6) is -0.308. The molecule has 0 bridgehead atoms. The number of rotatable bonds is 4. The third-order valence-electron chi connectivity index (χ3n) is 6.06. The number of hydrogen-bond acceptors (Lipinski definition) is 4. The fraction of sp³-hybridized carbons (Fsp3) is 0.120. The first-order valence-electron chi connectivity index (χ1n) is 10.7. The summed E-state index contributed by atoms with van der Waals surface area (Å²) in [4.78, 5) is 16.4. The first-order valence-corrected chi connectivity index (χ1v) is 10.7. The topological polar surface area (TPSA) is 80.9 Å². The van der Waals surface area contributed by atoms with Crippen LogP contribution in [0.1, 0.15) is 11.3 Å². The van der Waals surface area contributed by atoms with Crippen LogP contribution in [-0.4, -0.2) is 29.4 Å². The van der Waals surface area contributed by atoms with Crippen molar-refractivity contribution in [3.05, 3.63) is 94.4 Å². The molecule has 0 radical (unpaired) electrons. The molecule has 0 fully saturated rings. The van der Waals surface area contributed by atoms with Crippen molar-refractivity contribution in [2.75, 3.05) is 0 Å². The SMILES string of the molecule is Cc1nn2c(nnc3c(=O)n(CCc4c[nH]c5ccccc45)ccc32)c1-c1ccc(F)cc1. The summed E-state index contributed by atoms with van der Waals surface area (Å²) in [5.41, 5.74) is 5.70. The van der Waals surface area contributed by atoms with E-state index in [1.807, 2.05) is 37.4 Å². The molecule has 0 atom stereocenters. The quantitative estimate of drug-likeness (QED) is 0.446. The molecule has 2 aromatic carbocycles. The van der Waals surface area contributed by atoms with Crippen molar-refractivity contribution in [3.63, 3.8) is 0 Å². The van der Waals surface area contributed by atoms with Gasteiger partial charge in [-0.15, -0.1) is 10.2 Å². The predicted molar refractivity (Wildman–Crippen MR) is 125 cm³/mol. The second-order valence-corrected chi connectivity index (χ2v) is 8.06. The zero-order valence-electron chi connectivity index (χ0n) is 17.8. The van der Waals surface area contributed by atoms with Crippen molar-refractivity contribution in [2.24, 2.45) is 0 Å². The van der Waals surface area contributed by atoms with Gasteiger partial charge in [0.25, 0.3) is 5.56 Å². The average molecular weight is 438 g/mol. The Hall–Kier alpha value is -4.33. The standard InChI is InChI=1S/C25H19FN6O/c1-15-22(16-6-8-18(26)9-7-16)24-29-28-23-21(32(24)30-15)11-13-31(25(23)33)12-10-17-14-27-20-5-3-2-4-19(17)20/h2-9,11,13-14,27H,10,12H2,1H3. The van der Waals surface area contributed by atoms with E-state index >= 15 is 0 Å². The molecule has 8 heteroatoms. The monoisotopic (exact) mass is 438 g/mol. The van der Waals surface area contributed by atoms with Crippen molar-refractivity contribution in [1.82, 2.24) is 29.4 Å². The molecule has 162 valence electrons. The number of nitrogens with zero attached hydrogens (tertiary/aromatic N) is 5. The molecule has 0 aliphatic heterocycles. The van der Waals surface area contributed by atoms with Gasteiger partial charge in [-0.1, -0.05) is 30.3 Å². The molecule has 0 amide bonds. The van der Waals surface area contributed by atoms with Gasteiger partial charge in [0, 0.05) is 29.8 Å². The molecule has 4 aromatic heterocycles. The van der Waals surface area contributed by atoms with Crippen LogP contribution in [0.15, 0.2) is 71.8 Å². The molecule has 0 spiro atoms. The molecule has 4 heterocycles. The second kappa shape index (κ2) is 7.37. The normalized spacial score (nSPS) is 11.7. The summed E-state index contributed by atoms with van der Waals surface area (Å²) < 4.78 is 16.7. The lowest BCUT2D eigenvalue weighted by atomic mass is 10.1. The Kier molecular flexibility index (Phi) is 4.33. The van der Waals surface area contributed by atoms with Crippen LogP contribution in [0.3, 0.4) is 0 Å². The Morgan fingerprint density at radius 3 is 2.70 bits per heavy atom. The maximum absolute atomic E-state index is 13.4. The van der Waals surface area contributed by atoms with Crippen molar-refractivity contribution >= 4 is 27.6 Å². The highest BCUT2D eigenvalue weighted by Crippen LogP contribution is 2.28. The van der Waals surface area contributed by atoms with E-state index < -0.39 is 0 Å². The molecule has 7 nitrogen and oxygen atoms in total. The Labute approximate surface area is 187 Å². The maximum Gasteiger partial charge on any atom is 0.280 e. The summed E-state index contributed by atoms with van der Waals surface area (Å²) >= 11 is 0. The van der Waals surface area contributed by atoms with Crippen LogP contribution < -0.4 is 5.56 Å². The molecule has 0 unspecified atom stereocenters. The largest absolute Gasteiger partial charge is 0.361 e. The Morgan fingerprint density at radius 1 is 1.03 bits per heavy atom. The Morgan fingerprint density at radius 2 is 1.85 bits per heavy atom.